The molecule has 0 radical (unpaired) electrons. The number of hydrogen-bond acceptors (Lipinski definition) is 5. The summed E-state index contributed by atoms with van der Waals surface area (Å²) in [6.07, 6.45) is 0.467. The Hall–Kier alpha value is -1.60. The molecule has 3 aromatic rings. The van der Waals surface area contributed by atoms with Crippen molar-refractivity contribution in [3.05, 3.63) is 52.5 Å². The molecular weight excluding hydrogens is 422 g/mol. The highest BCUT2D eigenvalue weighted by Crippen LogP contribution is 2.33. The van der Waals surface area contributed by atoms with Gasteiger partial charge in [-0.3, -0.25) is 9.69 Å². The van der Waals surface area contributed by atoms with Crippen LogP contribution in [-0.2, 0) is 4.79 Å². The zero-order valence-electron chi connectivity index (χ0n) is 17.2. The van der Waals surface area contributed by atoms with Crippen molar-refractivity contribution in [2.45, 2.75) is 25.2 Å². The molecule has 0 spiro atoms. The lowest BCUT2D eigenvalue weighted by molar-refractivity contribution is -0.118. The fraction of sp³-hybridized carbons (Fsp3) is 0.364. The molecule has 2 aromatic carbocycles. The molecule has 4 nitrogen and oxygen atoms in total. The molecule has 1 aromatic heterocycles. The minimum atomic E-state index is 0.114. The highest BCUT2D eigenvalue weighted by atomic mass is 35.5. The van der Waals surface area contributed by atoms with Crippen molar-refractivity contribution in [2.75, 3.05) is 37.8 Å². The van der Waals surface area contributed by atoms with Gasteiger partial charge in [0.2, 0.25) is 5.91 Å². The quantitative estimate of drug-likeness (QED) is 0.418. The van der Waals surface area contributed by atoms with Gasteiger partial charge in [-0.25, -0.2) is 4.98 Å². The Morgan fingerprint density at radius 1 is 1.07 bits per heavy atom. The Kier molecular flexibility index (Phi) is 7.57. The van der Waals surface area contributed by atoms with E-state index in [-0.39, 0.29) is 5.91 Å². The van der Waals surface area contributed by atoms with Gasteiger partial charge in [-0.1, -0.05) is 35.1 Å². The number of carbonyl (C=O) groups excluding carboxylic acids is 1. The van der Waals surface area contributed by atoms with Gasteiger partial charge in [0.15, 0.2) is 5.13 Å². The molecule has 0 unspecified atom stereocenters. The number of aryl methyl sites for hydroxylation is 2. The molecule has 0 aliphatic carbocycles. The molecule has 0 saturated heterocycles. The number of nitrogens with zero attached hydrogens (tertiary/aromatic N) is 3. The van der Waals surface area contributed by atoms with Crippen molar-refractivity contribution in [3.8, 4) is 0 Å². The number of hydrogen-bond donors (Lipinski definition) is 0. The first kappa shape index (κ1) is 22.1. The van der Waals surface area contributed by atoms with Crippen LogP contribution < -0.4 is 4.90 Å². The van der Waals surface area contributed by atoms with E-state index in [1.54, 1.807) is 23.1 Å². The standard InChI is InChI=1S/C22H26ClN3OS2/c1-15-5-6-16(2)21-20(15)24-22(29-21)26(13-12-25(3)4)19(27)11-14-28-18-9-7-17(23)8-10-18/h5-10H,11-14H2,1-4H3. The molecule has 1 heterocycles. The Morgan fingerprint density at radius 3 is 2.41 bits per heavy atom. The largest absolute Gasteiger partial charge is 0.308 e. The first-order valence-corrected chi connectivity index (χ1v) is 11.7. The van der Waals surface area contributed by atoms with E-state index in [0.717, 1.165) is 43.1 Å². The Morgan fingerprint density at radius 2 is 1.76 bits per heavy atom. The van der Waals surface area contributed by atoms with Gasteiger partial charge in [-0.15, -0.1) is 11.8 Å². The van der Waals surface area contributed by atoms with Crippen LogP contribution in [-0.4, -0.2) is 48.7 Å². The summed E-state index contributed by atoms with van der Waals surface area (Å²) < 4.78 is 1.16. The molecule has 0 atom stereocenters. The smallest absolute Gasteiger partial charge is 0.229 e. The van der Waals surface area contributed by atoms with Crippen LogP contribution in [0.15, 0.2) is 41.3 Å². The molecule has 0 bridgehead atoms. The number of thiazole rings is 1. The lowest BCUT2D eigenvalue weighted by Gasteiger charge is -2.22. The minimum Gasteiger partial charge on any atom is -0.308 e. The van der Waals surface area contributed by atoms with Crippen molar-refractivity contribution < 1.29 is 4.79 Å². The first-order valence-electron chi connectivity index (χ1n) is 9.55. The number of carbonyl (C=O) groups is 1. The molecule has 0 aliphatic heterocycles. The van der Waals surface area contributed by atoms with Gasteiger partial charge in [0, 0.05) is 35.2 Å². The summed E-state index contributed by atoms with van der Waals surface area (Å²) in [5.74, 6) is 0.838. The van der Waals surface area contributed by atoms with E-state index in [4.69, 9.17) is 16.6 Å². The summed E-state index contributed by atoms with van der Waals surface area (Å²) in [4.78, 5) is 23.0. The zero-order chi connectivity index (χ0) is 21.0. The third kappa shape index (κ3) is 5.72. The normalized spacial score (nSPS) is 11.4. The molecule has 7 heteroatoms. The number of rotatable bonds is 8. The Balaban J connectivity index is 1.75. The van der Waals surface area contributed by atoms with E-state index in [0.29, 0.717) is 13.0 Å². The van der Waals surface area contributed by atoms with Gasteiger partial charge in [0.25, 0.3) is 0 Å². The molecule has 0 saturated carbocycles. The Labute approximate surface area is 185 Å². The predicted molar refractivity (Wildman–Crippen MR) is 127 cm³/mol. The lowest BCUT2D eigenvalue weighted by Crippen LogP contribution is -2.36. The second-order valence-corrected chi connectivity index (χ2v) is 9.86. The number of benzene rings is 2. The van der Waals surface area contributed by atoms with E-state index < -0.39 is 0 Å². The van der Waals surface area contributed by atoms with Gasteiger partial charge in [0.1, 0.15) is 0 Å². The van der Waals surface area contributed by atoms with Gasteiger partial charge in [0.05, 0.1) is 10.2 Å². The fourth-order valence-electron chi connectivity index (χ4n) is 2.91. The topological polar surface area (TPSA) is 36.4 Å². The monoisotopic (exact) mass is 447 g/mol. The van der Waals surface area contributed by atoms with E-state index >= 15 is 0 Å². The SMILES string of the molecule is Cc1ccc(C)c2sc(N(CCN(C)C)C(=O)CCSc3ccc(Cl)cc3)nc12. The number of fused-ring (bicyclic) bond motifs is 1. The van der Waals surface area contributed by atoms with Crippen LogP contribution in [0.3, 0.4) is 0 Å². The van der Waals surface area contributed by atoms with Gasteiger partial charge >= 0.3 is 0 Å². The van der Waals surface area contributed by atoms with Crippen molar-refractivity contribution in [1.29, 1.82) is 0 Å². The minimum absolute atomic E-state index is 0.114. The molecule has 0 N–H and O–H groups in total. The van der Waals surface area contributed by atoms with Crippen LogP contribution in [0.4, 0.5) is 5.13 Å². The van der Waals surface area contributed by atoms with Crippen LogP contribution in [0, 0.1) is 13.8 Å². The van der Waals surface area contributed by atoms with E-state index in [1.165, 1.54) is 5.56 Å². The van der Waals surface area contributed by atoms with Gasteiger partial charge < -0.3 is 4.90 Å². The van der Waals surface area contributed by atoms with Crippen molar-refractivity contribution in [3.63, 3.8) is 0 Å². The second-order valence-electron chi connectivity index (χ2n) is 7.27. The summed E-state index contributed by atoms with van der Waals surface area (Å²) in [6, 6.07) is 11.9. The van der Waals surface area contributed by atoms with Crippen molar-refractivity contribution in [1.82, 2.24) is 9.88 Å². The van der Waals surface area contributed by atoms with Crippen LogP contribution in [0.2, 0.25) is 5.02 Å². The molecular formula is C22H26ClN3OS2. The average Bonchev–Trinajstić information content (AvgIpc) is 3.13. The number of aromatic nitrogens is 1. The van der Waals surface area contributed by atoms with E-state index in [9.17, 15) is 4.79 Å². The maximum absolute atomic E-state index is 13.1. The zero-order valence-corrected chi connectivity index (χ0v) is 19.6. The van der Waals surface area contributed by atoms with Crippen LogP contribution in [0.5, 0.6) is 0 Å². The molecule has 29 heavy (non-hydrogen) atoms. The van der Waals surface area contributed by atoms with E-state index in [2.05, 4.69) is 30.9 Å². The number of anilines is 1. The summed E-state index contributed by atoms with van der Waals surface area (Å²) in [5, 5.41) is 1.52. The third-order valence-corrected chi connectivity index (χ3v) is 7.11. The predicted octanol–water partition coefficient (Wildman–Crippen LogP) is 5.64. The van der Waals surface area contributed by atoms with Crippen LogP contribution in [0.1, 0.15) is 17.5 Å². The van der Waals surface area contributed by atoms with Gasteiger partial charge in [-0.05, 0) is 63.3 Å². The Bertz CT molecular complexity index is 947. The maximum Gasteiger partial charge on any atom is 0.229 e. The van der Waals surface area contributed by atoms with Crippen LogP contribution >= 0.6 is 34.7 Å². The molecule has 0 fully saturated rings. The van der Waals surface area contributed by atoms with Gasteiger partial charge in [-0.2, -0.15) is 0 Å². The summed E-state index contributed by atoms with van der Waals surface area (Å²) >= 11 is 9.22. The third-order valence-electron chi connectivity index (χ3n) is 4.63. The average molecular weight is 448 g/mol. The summed E-state index contributed by atoms with van der Waals surface area (Å²) in [6.45, 7) is 5.60. The fourth-order valence-corrected chi connectivity index (χ4v) is 5.03. The number of halogens is 1. The highest BCUT2D eigenvalue weighted by Gasteiger charge is 2.20. The van der Waals surface area contributed by atoms with Crippen molar-refractivity contribution in [2.24, 2.45) is 0 Å². The summed E-state index contributed by atoms with van der Waals surface area (Å²) in [5.41, 5.74) is 3.35. The maximum atomic E-state index is 13.1. The van der Waals surface area contributed by atoms with Crippen LogP contribution in [0.25, 0.3) is 10.2 Å². The number of likely N-dealkylation sites (N-methyl/N-ethyl adjacent to an activating group) is 1. The van der Waals surface area contributed by atoms with Crippen molar-refractivity contribution >= 4 is 56.0 Å². The highest BCUT2D eigenvalue weighted by molar-refractivity contribution is 7.99. The molecule has 3 rings (SSSR count). The first-order chi connectivity index (χ1) is 13.8. The second kappa shape index (κ2) is 9.94. The lowest BCUT2D eigenvalue weighted by atomic mass is 10.1. The number of thioether (sulfide) groups is 1. The molecule has 154 valence electrons. The van der Waals surface area contributed by atoms with E-state index in [1.807, 2.05) is 43.3 Å². The molecule has 1 amide bonds. The summed E-state index contributed by atoms with van der Waals surface area (Å²) in [7, 11) is 4.04. The molecule has 0 aliphatic rings. The number of amides is 1.